The molecule has 0 saturated carbocycles. The van der Waals surface area contributed by atoms with Crippen molar-refractivity contribution in [2.24, 2.45) is 5.14 Å². The molecule has 0 fully saturated rings. The molecule has 0 aromatic heterocycles. The number of anilines is 2. The summed E-state index contributed by atoms with van der Waals surface area (Å²) in [4.78, 5) is 11.9. The molecule has 1 amide bonds. The molecular weight excluding hydrogens is 306 g/mol. The topological polar surface area (TPSA) is 125 Å². The Hall–Kier alpha value is -2.58. The van der Waals surface area contributed by atoms with E-state index in [0.29, 0.717) is 5.69 Å². The molecule has 0 saturated heterocycles. The molecule has 0 spiro atoms. The molecule has 5 N–H and O–H groups in total. The highest BCUT2D eigenvalue weighted by molar-refractivity contribution is 7.89. The van der Waals surface area contributed by atoms with Crippen molar-refractivity contribution in [3.05, 3.63) is 48.0 Å². The first-order chi connectivity index (χ1) is 10.3. The summed E-state index contributed by atoms with van der Waals surface area (Å²) in [6.07, 6.45) is 0. The van der Waals surface area contributed by atoms with Crippen LogP contribution in [0, 0.1) is 0 Å². The van der Waals surface area contributed by atoms with Gasteiger partial charge in [0.25, 0.3) is 5.91 Å². The van der Waals surface area contributed by atoms with Gasteiger partial charge in [-0.1, -0.05) is 12.1 Å². The highest BCUT2D eigenvalue weighted by atomic mass is 32.2. The Morgan fingerprint density at radius 1 is 1.18 bits per heavy atom. The molecule has 0 aliphatic heterocycles. The summed E-state index contributed by atoms with van der Waals surface area (Å²) >= 11 is 0. The van der Waals surface area contributed by atoms with E-state index < -0.39 is 15.9 Å². The predicted octanol–water partition coefficient (Wildman–Crippen LogP) is 1.18. The van der Waals surface area contributed by atoms with E-state index in [0.717, 1.165) is 0 Å². The summed E-state index contributed by atoms with van der Waals surface area (Å²) in [5.74, 6) is -0.358. The van der Waals surface area contributed by atoms with Crippen LogP contribution < -0.4 is 20.9 Å². The minimum atomic E-state index is -3.98. The summed E-state index contributed by atoms with van der Waals surface area (Å²) in [6.45, 7) is 0. The Balaban J connectivity index is 2.35. The highest BCUT2D eigenvalue weighted by Crippen LogP contribution is 2.26. The molecule has 22 heavy (non-hydrogen) atoms. The molecule has 7 nitrogen and oxygen atoms in total. The minimum absolute atomic E-state index is 0.0970. The number of benzene rings is 2. The summed E-state index contributed by atoms with van der Waals surface area (Å²) < 4.78 is 28.0. The second-order valence-electron chi connectivity index (χ2n) is 4.45. The van der Waals surface area contributed by atoms with E-state index in [1.54, 1.807) is 24.3 Å². The number of carbonyl (C=O) groups is 1. The molecular formula is C14H15N3O4S. The zero-order valence-corrected chi connectivity index (χ0v) is 12.6. The number of carbonyl (C=O) groups excluding carboxylic acids is 1. The molecule has 2 rings (SSSR count). The van der Waals surface area contributed by atoms with Crippen LogP contribution in [-0.4, -0.2) is 21.4 Å². The van der Waals surface area contributed by atoms with Gasteiger partial charge in [0.1, 0.15) is 10.6 Å². The minimum Gasteiger partial charge on any atom is -0.495 e. The number of primary sulfonamides is 1. The van der Waals surface area contributed by atoms with Gasteiger partial charge in [0.05, 0.1) is 12.7 Å². The number of ether oxygens (including phenoxy) is 1. The molecule has 0 radical (unpaired) electrons. The van der Waals surface area contributed by atoms with Crippen LogP contribution in [0.3, 0.4) is 0 Å². The molecule has 0 bridgehead atoms. The number of rotatable bonds is 4. The normalized spacial score (nSPS) is 11.0. The van der Waals surface area contributed by atoms with Gasteiger partial charge in [-0.25, -0.2) is 13.6 Å². The maximum Gasteiger partial charge on any atom is 0.257 e. The van der Waals surface area contributed by atoms with E-state index in [9.17, 15) is 13.2 Å². The van der Waals surface area contributed by atoms with Crippen molar-refractivity contribution in [1.82, 2.24) is 0 Å². The van der Waals surface area contributed by atoms with E-state index in [1.165, 1.54) is 25.3 Å². The van der Waals surface area contributed by atoms with E-state index in [-0.39, 0.29) is 21.9 Å². The van der Waals surface area contributed by atoms with Gasteiger partial charge >= 0.3 is 0 Å². The molecule has 8 heteroatoms. The first-order valence-electron chi connectivity index (χ1n) is 6.19. The Kier molecular flexibility index (Phi) is 4.34. The summed E-state index contributed by atoms with van der Waals surface area (Å²) in [5, 5.41) is 7.70. The average molecular weight is 321 g/mol. The largest absolute Gasteiger partial charge is 0.495 e. The number of nitrogens with one attached hydrogen (secondary N) is 1. The van der Waals surface area contributed by atoms with Crippen LogP contribution in [0.5, 0.6) is 5.75 Å². The van der Waals surface area contributed by atoms with Crippen molar-refractivity contribution in [3.8, 4) is 5.75 Å². The van der Waals surface area contributed by atoms with E-state index in [4.69, 9.17) is 15.6 Å². The third-order valence-corrected chi connectivity index (χ3v) is 3.87. The quantitative estimate of drug-likeness (QED) is 0.729. The van der Waals surface area contributed by atoms with E-state index >= 15 is 0 Å². The lowest BCUT2D eigenvalue weighted by atomic mass is 10.1. The molecule has 2 aromatic rings. The number of sulfonamides is 1. The molecule has 0 unspecified atom stereocenters. The zero-order valence-electron chi connectivity index (χ0n) is 11.7. The van der Waals surface area contributed by atoms with Gasteiger partial charge in [0, 0.05) is 11.4 Å². The second kappa shape index (κ2) is 6.04. The number of para-hydroxylation sites is 1. The van der Waals surface area contributed by atoms with Crippen LogP contribution in [0.2, 0.25) is 0 Å². The molecule has 116 valence electrons. The van der Waals surface area contributed by atoms with Crippen LogP contribution in [-0.2, 0) is 10.0 Å². The van der Waals surface area contributed by atoms with E-state index in [1.807, 2.05) is 0 Å². The van der Waals surface area contributed by atoms with Crippen LogP contribution in [0.1, 0.15) is 10.4 Å². The lowest BCUT2D eigenvalue weighted by Gasteiger charge is -2.11. The number of nitrogens with two attached hydrogens (primary N) is 2. The molecule has 0 atom stereocenters. The molecule has 0 aliphatic rings. The third kappa shape index (κ3) is 3.35. The second-order valence-corrected chi connectivity index (χ2v) is 5.98. The first-order valence-corrected chi connectivity index (χ1v) is 7.74. The first kappa shape index (κ1) is 15.8. The highest BCUT2D eigenvalue weighted by Gasteiger charge is 2.17. The van der Waals surface area contributed by atoms with Gasteiger partial charge < -0.3 is 15.8 Å². The number of nitrogen functional groups attached to an aromatic ring is 1. The van der Waals surface area contributed by atoms with Crippen molar-refractivity contribution in [2.45, 2.75) is 4.90 Å². The van der Waals surface area contributed by atoms with Crippen LogP contribution >= 0.6 is 0 Å². The van der Waals surface area contributed by atoms with Crippen LogP contribution in [0.4, 0.5) is 11.4 Å². The monoisotopic (exact) mass is 321 g/mol. The number of methoxy groups -OCH3 is 1. The fourth-order valence-electron chi connectivity index (χ4n) is 1.88. The number of hydrogen-bond donors (Lipinski definition) is 3. The molecule has 0 aliphatic carbocycles. The van der Waals surface area contributed by atoms with E-state index in [2.05, 4.69) is 5.32 Å². The molecule has 2 aromatic carbocycles. The Morgan fingerprint density at radius 3 is 2.45 bits per heavy atom. The Labute approximate surface area is 127 Å². The fraction of sp³-hybridized carbons (Fsp3) is 0.0714. The average Bonchev–Trinajstić information content (AvgIpc) is 2.46. The van der Waals surface area contributed by atoms with Crippen molar-refractivity contribution >= 4 is 27.3 Å². The summed E-state index contributed by atoms with van der Waals surface area (Å²) in [6, 6.07) is 10.7. The van der Waals surface area contributed by atoms with Gasteiger partial charge in [0.15, 0.2) is 0 Å². The van der Waals surface area contributed by atoms with Crippen LogP contribution in [0.25, 0.3) is 0 Å². The smallest absolute Gasteiger partial charge is 0.257 e. The number of hydrogen-bond acceptors (Lipinski definition) is 5. The standard InChI is InChI=1S/C14H15N3O4S/c1-21-12-7-6-9(8-13(12)22(16,19)20)17-14(18)10-4-2-3-5-11(10)15/h2-8H,15H2,1H3,(H,17,18)(H2,16,19,20). The van der Waals surface area contributed by atoms with Crippen LogP contribution in [0.15, 0.2) is 47.4 Å². The SMILES string of the molecule is COc1ccc(NC(=O)c2ccccc2N)cc1S(N)(=O)=O. The number of amides is 1. The van der Waals surface area contributed by atoms with Crippen molar-refractivity contribution in [3.63, 3.8) is 0 Å². The third-order valence-electron chi connectivity index (χ3n) is 2.93. The maximum absolute atomic E-state index is 12.1. The predicted molar refractivity (Wildman–Crippen MR) is 83.2 cm³/mol. The van der Waals surface area contributed by atoms with Gasteiger partial charge in [-0.2, -0.15) is 0 Å². The van der Waals surface area contributed by atoms with Gasteiger partial charge in [0.2, 0.25) is 10.0 Å². The van der Waals surface area contributed by atoms with Gasteiger partial charge in [-0.15, -0.1) is 0 Å². The van der Waals surface area contributed by atoms with Crippen molar-refractivity contribution in [1.29, 1.82) is 0 Å². The lowest BCUT2D eigenvalue weighted by Crippen LogP contribution is -2.16. The Bertz CT molecular complexity index is 819. The van der Waals surface area contributed by atoms with Gasteiger partial charge in [-0.3, -0.25) is 4.79 Å². The van der Waals surface area contributed by atoms with Crippen molar-refractivity contribution < 1.29 is 17.9 Å². The summed E-state index contributed by atoms with van der Waals surface area (Å²) in [5.41, 5.74) is 6.59. The zero-order chi connectivity index (χ0) is 16.3. The van der Waals surface area contributed by atoms with Crippen molar-refractivity contribution in [2.75, 3.05) is 18.2 Å². The Morgan fingerprint density at radius 2 is 1.86 bits per heavy atom. The maximum atomic E-state index is 12.1. The summed E-state index contributed by atoms with van der Waals surface area (Å²) in [7, 11) is -2.65. The van der Waals surface area contributed by atoms with Gasteiger partial charge in [-0.05, 0) is 30.3 Å². The lowest BCUT2D eigenvalue weighted by molar-refractivity contribution is 0.102. The fourth-order valence-corrected chi connectivity index (χ4v) is 2.60. The molecule has 0 heterocycles.